The van der Waals surface area contributed by atoms with Crippen molar-refractivity contribution in [3.05, 3.63) is 60.8 Å². The van der Waals surface area contributed by atoms with Crippen LogP contribution in [0, 0.1) is 0 Å². The van der Waals surface area contributed by atoms with Crippen molar-refractivity contribution in [2.75, 3.05) is 19.8 Å². The Morgan fingerprint density at radius 2 is 0.841 bits per heavy atom. The van der Waals surface area contributed by atoms with Gasteiger partial charge in [0.05, 0.1) is 32.0 Å². The predicted molar refractivity (Wildman–Crippen MR) is 332 cm³/mol. The van der Waals surface area contributed by atoms with Gasteiger partial charge in [0.15, 0.2) is 12.6 Å². The van der Waals surface area contributed by atoms with Crippen LogP contribution in [0.2, 0.25) is 0 Å². The summed E-state index contributed by atoms with van der Waals surface area (Å²) in [6.45, 7) is 2.71. The maximum atomic E-state index is 13.3. The third-order valence-corrected chi connectivity index (χ3v) is 16.2. The topological polar surface area (TPSA) is 228 Å². The van der Waals surface area contributed by atoms with Crippen LogP contribution in [-0.4, -0.2) is 140 Å². The second kappa shape index (κ2) is 53.0. The molecule has 2 aliphatic rings. The smallest absolute Gasteiger partial charge is 0.220 e. The van der Waals surface area contributed by atoms with Crippen LogP contribution in [-0.2, 0) is 23.7 Å². The Morgan fingerprint density at radius 1 is 0.451 bits per heavy atom. The van der Waals surface area contributed by atoms with Crippen molar-refractivity contribution in [2.24, 2.45) is 0 Å². The summed E-state index contributed by atoms with van der Waals surface area (Å²) in [4.78, 5) is 13.3. The molecule has 2 saturated heterocycles. The van der Waals surface area contributed by atoms with E-state index < -0.39 is 86.8 Å². The van der Waals surface area contributed by atoms with Crippen LogP contribution in [0.4, 0.5) is 0 Å². The molecule has 12 atom stereocenters. The van der Waals surface area contributed by atoms with Gasteiger partial charge in [-0.1, -0.05) is 267 Å². The number of ether oxygens (including phenoxy) is 4. The minimum Gasteiger partial charge on any atom is -0.394 e. The first-order valence-corrected chi connectivity index (χ1v) is 33.5. The monoisotopic (exact) mass is 1160 g/mol. The average molecular weight is 1160 g/mol. The van der Waals surface area contributed by atoms with Gasteiger partial charge >= 0.3 is 0 Å². The van der Waals surface area contributed by atoms with Gasteiger partial charge in [0.2, 0.25) is 5.91 Å². The molecule has 0 bridgehead atoms. The van der Waals surface area contributed by atoms with Crippen molar-refractivity contribution in [1.82, 2.24) is 5.32 Å². The van der Waals surface area contributed by atoms with Gasteiger partial charge in [-0.25, -0.2) is 0 Å². The Bertz CT molecular complexity index is 1610. The molecule has 14 nitrogen and oxygen atoms in total. The summed E-state index contributed by atoms with van der Waals surface area (Å²) in [7, 11) is 0. The van der Waals surface area contributed by atoms with E-state index in [4.69, 9.17) is 18.9 Å². The highest BCUT2D eigenvalue weighted by atomic mass is 16.7. The van der Waals surface area contributed by atoms with Gasteiger partial charge in [0, 0.05) is 6.42 Å². The van der Waals surface area contributed by atoms with Crippen LogP contribution in [0.15, 0.2) is 60.8 Å². The van der Waals surface area contributed by atoms with E-state index in [1.54, 1.807) is 6.08 Å². The summed E-state index contributed by atoms with van der Waals surface area (Å²) >= 11 is 0. The zero-order valence-corrected chi connectivity index (χ0v) is 51.7. The highest BCUT2D eigenvalue weighted by Gasteiger charge is 2.51. The maximum Gasteiger partial charge on any atom is 0.220 e. The number of allylic oxidation sites excluding steroid dienone is 9. The summed E-state index contributed by atoms with van der Waals surface area (Å²) in [6, 6.07) is -0.923. The molecule has 0 aromatic rings. The van der Waals surface area contributed by atoms with E-state index in [0.717, 1.165) is 70.6 Å². The Labute approximate surface area is 498 Å². The first-order valence-electron chi connectivity index (χ1n) is 33.5. The molecule has 0 radical (unpaired) electrons. The lowest BCUT2D eigenvalue weighted by atomic mass is 9.97. The summed E-state index contributed by atoms with van der Waals surface area (Å²) in [5, 5.41) is 87.4. The van der Waals surface area contributed by atoms with Crippen LogP contribution in [0.25, 0.3) is 0 Å². The lowest BCUT2D eigenvalue weighted by Gasteiger charge is -2.46. The molecule has 12 unspecified atom stereocenters. The van der Waals surface area contributed by atoms with Gasteiger partial charge in [-0.15, -0.1) is 0 Å². The molecule has 2 fully saturated rings. The summed E-state index contributed by atoms with van der Waals surface area (Å²) in [5.74, 6) is -0.247. The Balaban J connectivity index is 1.71. The second-order valence-corrected chi connectivity index (χ2v) is 23.6. The van der Waals surface area contributed by atoms with E-state index in [-0.39, 0.29) is 18.9 Å². The standard InChI is InChI=1S/C68H123NO13/c1-3-5-7-9-11-13-15-17-19-21-23-25-26-27-28-29-30-32-33-35-37-39-41-43-45-47-49-51-57(72)56(55-79-67-65(78)63(76)66(59(54-71)81-67)82-68-64(77)62(75)61(74)58(53-70)80-68)69-60(73)52-50-48-46-44-42-40-38-36-34-31-24-22-20-18-16-14-12-10-8-6-4-2/h6,8,12,14,18,20,24,31,49,51,56-59,61-68,70-72,74-78H,3-5,7,9-11,13,15-17,19,21-23,25-30,32-48,50,52-55H2,1-2H3,(H,69,73)/b8-6-,14-12-,20-18-,31-24-,51-49+. The van der Waals surface area contributed by atoms with Crippen molar-refractivity contribution in [1.29, 1.82) is 0 Å². The zero-order chi connectivity index (χ0) is 59.5. The summed E-state index contributed by atoms with van der Waals surface area (Å²) < 4.78 is 22.8. The van der Waals surface area contributed by atoms with Crippen LogP contribution in [0.5, 0.6) is 0 Å². The van der Waals surface area contributed by atoms with Crippen molar-refractivity contribution in [3.8, 4) is 0 Å². The SMILES string of the molecule is CC/C=C\C/C=C\C/C=C\C/C=C\CCCCCCCCCCC(=O)NC(COC1OC(CO)C(OC2OC(CO)C(O)C(O)C2O)C(O)C1O)C(O)/C=C/CCCCCCCCCCCCCCCCCCCCCCCCCCC. The quantitative estimate of drug-likeness (QED) is 0.0204. The molecule has 2 rings (SSSR count). The molecule has 478 valence electrons. The largest absolute Gasteiger partial charge is 0.394 e. The van der Waals surface area contributed by atoms with E-state index in [0.29, 0.717) is 6.42 Å². The molecule has 9 N–H and O–H groups in total. The Hall–Kier alpha value is -2.31. The van der Waals surface area contributed by atoms with Crippen molar-refractivity contribution < 1.29 is 64.6 Å². The molecular formula is C68H123NO13. The number of hydrogen-bond acceptors (Lipinski definition) is 13. The highest BCUT2D eigenvalue weighted by Crippen LogP contribution is 2.30. The van der Waals surface area contributed by atoms with Gasteiger partial charge in [-0.2, -0.15) is 0 Å². The van der Waals surface area contributed by atoms with E-state index >= 15 is 0 Å². The first-order chi connectivity index (χ1) is 40.1. The van der Waals surface area contributed by atoms with Gasteiger partial charge in [0.1, 0.15) is 48.8 Å². The number of carbonyl (C=O) groups excluding carboxylic acids is 1. The van der Waals surface area contributed by atoms with Crippen LogP contribution >= 0.6 is 0 Å². The Morgan fingerprint density at radius 3 is 1.29 bits per heavy atom. The van der Waals surface area contributed by atoms with Gasteiger partial charge < -0.3 is 65.1 Å². The molecule has 82 heavy (non-hydrogen) atoms. The van der Waals surface area contributed by atoms with E-state index in [1.807, 2.05) is 6.08 Å². The zero-order valence-electron chi connectivity index (χ0n) is 51.7. The second-order valence-electron chi connectivity index (χ2n) is 23.6. The average Bonchev–Trinajstić information content (AvgIpc) is 3.66. The van der Waals surface area contributed by atoms with Crippen LogP contribution in [0.1, 0.15) is 271 Å². The lowest BCUT2D eigenvalue weighted by molar-refractivity contribution is -0.359. The minimum absolute atomic E-state index is 0.247. The number of hydrogen-bond donors (Lipinski definition) is 9. The number of aliphatic hydroxyl groups excluding tert-OH is 8. The molecule has 14 heteroatoms. The fourth-order valence-corrected chi connectivity index (χ4v) is 10.9. The van der Waals surface area contributed by atoms with E-state index in [2.05, 4.69) is 67.8 Å². The molecule has 0 saturated carbocycles. The normalized spacial score (nSPS) is 24.3. The van der Waals surface area contributed by atoms with Crippen molar-refractivity contribution in [2.45, 2.75) is 344 Å². The van der Waals surface area contributed by atoms with Gasteiger partial charge in [-0.05, 0) is 57.8 Å². The summed E-state index contributed by atoms with van der Waals surface area (Å²) in [6.07, 6.45) is 52.6. The fourth-order valence-electron chi connectivity index (χ4n) is 10.9. The molecule has 0 spiro atoms. The van der Waals surface area contributed by atoms with Crippen LogP contribution in [0.3, 0.4) is 0 Å². The number of carbonyl (C=O) groups is 1. The molecule has 1 amide bonds. The fraction of sp³-hybridized carbons (Fsp3) is 0.838. The van der Waals surface area contributed by atoms with Crippen molar-refractivity contribution >= 4 is 5.91 Å². The van der Waals surface area contributed by atoms with E-state index in [1.165, 1.54) is 173 Å². The predicted octanol–water partition coefficient (Wildman–Crippen LogP) is 12.9. The third-order valence-electron chi connectivity index (χ3n) is 16.2. The maximum absolute atomic E-state index is 13.3. The van der Waals surface area contributed by atoms with Gasteiger partial charge in [0.25, 0.3) is 0 Å². The number of nitrogens with one attached hydrogen (secondary N) is 1. The molecule has 0 aromatic carbocycles. The third kappa shape index (κ3) is 37.3. The first kappa shape index (κ1) is 75.8. The van der Waals surface area contributed by atoms with Crippen LogP contribution < -0.4 is 5.32 Å². The lowest BCUT2D eigenvalue weighted by Crippen LogP contribution is -2.65. The number of rotatable bonds is 54. The minimum atomic E-state index is -1.79. The highest BCUT2D eigenvalue weighted by molar-refractivity contribution is 5.76. The molecule has 0 aromatic heterocycles. The number of aliphatic hydroxyl groups is 8. The molecular weight excluding hydrogens is 1040 g/mol. The number of amides is 1. The molecule has 2 aliphatic heterocycles. The molecule has 2 heterocycles. The summed E-state index contributed by atoms with van der Waals surface area (Å²) in [5.41, 5.74) is 0. The van der Waals surface area contributed by atoms with E-state index in [9.17, 15) is 45.6 Å². The molecule has 0 aliphatic carbocycles. The Kier molecular flexibility index (Phi) is 49.0. The van der Waals surface area contributed by atoms with Crippen molar-refractivity contribution in [3.63, 3.8) is 0 Å². The number of unbranched alkanes of at least 4 members (excludes halogenated alkanes) is 33. The van der Waals surface area contributed by atoms with Gasteiger partial charge in [-0.3, -0.25) is 4.79 Å².